The summed E-state index contributed by atoms with van der Waals surface area (Å²) in [5.41, 5.74) is 5.98. The van der Waals surface area contributed by atoms with E-state index >= 15 is 0 Å². The number of H-pyrrole nitrogens is 1. The minimum Gasteiger partial charge on any atom is -0.472 e. The smallest absolute Gasteiger partial charge is 0.0996 e. The van der Waals surface area contributed by atoms with E-state index in [1.807, 2.05) is 18.5 Å². The van der Waals surface area contributed by atoms with E-state index in [0.29, 0.717) is 5.92 Å². The van der Waals surface area contributed by atoms with Crippen molar-refractivity contribution in [2.75, 3.05) is 20.1 Å². The summed E-state index contributed by atoms with van der Waals surface area (Å²) in [7, 11) is 2.20. The van der Waals surface area contributed by atoms with E-state index < -0.39 is 0 Å². The van der Waals surface area contributed by atoms with Gasteiger partial charge in [-0.25, -0.2) is 0 Å². The molecule has 4 nitrogen and oxygen atoms in total. The Labute approximate surface area is 136 Å². The van der Waals surface area contributed by atoms with Crippen LogP contribution < -0.4 is 0 Å². The first kappa shape index (κ1) is 14.3. The molecule has 4 heteroatoms. The lowest BCUT2D eigenvalue weighted by atomic mass is 9.93. The molecule has 1 aliphatic heterocycles. The van der Waals surface area contributed by atoms with E-state index in [0.717, 1.165) is 24.3 Å². The lowest BCUT2D eigenvalue weighted by Gasteiger charge is -2.28. The van der Waals surface area contributed by atoms with Crippen LogP contribution in [0.4, 0.5) is 0 Å². The highest BCUT2D eigenvalue weighted by atomic mass is 16.3. The first-order valence-electron chi connectivity index (χ1n) is 8.15. The Kier molecular flexibility index (Phi) is 3.75. The first-order chi connectivity index (χ1) is 11.3. The fourth-order valence-electron chi connectivity index (χ4n) is 3.41. The van der Waals surface area contributed by atoms with Crippen molar-refractivity contribution in [1.29, 1.82) is 0 Å². The van der Waals surface area contributed by atoms with Crippen LogP contribution in [0.5, 0.6) is 0 Å². The molecule has 23 heavy (non-hydrogen) atoms. The second kappa shape index (κ2) is 6.05. The lowest BCUT2D eigenvalue weighted by Crippen LogP contribution is -2.29. The number of aromatic amines is 1. The van der Waals surface area contributed by atoms with Crippen LogP contribution in [0.1, 0.15) is 24.5 Å². The Morgan fingerprint density at radius 3 is 2.61 bits per heavy atom. The average Bonchev–Trinajstić information content (AvgIpc) is 3.26. The number of likely N-dealkylation sites (tertiary alicyclic amines) is 1. The molecule has 0 unspecified atom stereocenters. The Balaban J connectivity index is 1.75. The molecule has 0 spiro atoms. The zero-order valence-electron chi connectivity index (χ0n) is 13.3. The van der Waals surface area contributed by atoms with Crippen molar-refractivity contribution in [2.45, 2.75) is 18.8 Å². The zero-order valence-corrected chi connectivity index (χ0v) is 13.3. The van der Waals surface area contributed by atoms with Crippen molar-refractivity contribution in [1.82, 2.24) is 14.9 Å². The molecule has 0 aliphatic carbocycles. The number of furan rings is 1. The summed E-state index contributed by atoms with van der Waals surface area (Å²) in [4.78, 5) is 10.2. The van der Waals surface area contributed by atoms with Crippen LogP contribution in [0.15, 0.2) is 53.6 Å². The van der Waals surface area contributed by atoms with Gasteiger partial charge in [0.1, 0.15) is 0 Å². The Hall–Kier alpha value is -2.33. The van der Waals surface area contributed by atoms with Crippen molar-refractivity contribution < 1.29 is 4.42 Å². The number of nitrogens with one attached hydrogen (secondary N) is 1. The van der Waals surface area contributed by atoms with Crippen LogP contribution in [-0.4, -0.2) is 35.0 Å². The van der Waals surface area contributed by atoms with Crippen LogP contribution in [0.2, 0.25) is 0 Å². The number of hydrogen-bond donors (Lipinski definition) is 1. The van der Waals surface area contributed by atoms with Gasteiger partial charge in [-0.2, -0.15) is 0 Å². The van der Waals surface area contributed by atoms with E-state index in [4.69, 9.17) is 4.42 Å². The van der Waals surface area contributed by atoms with Gasteiger partial charge >= 0.3 is 0 Å². The second-order valence-electron chi connectivity index (χ2n) is 6.34. The summed E-state index contributed by atoms with van der Waals surface area (Å²) in [6.07, 6.45) is 9.62. The monoisotopic (exact) mass is 307 g/mol. The predicted octanol–water partition coefficient (Wildman–Crippen LogP) is 4.15. The third-order valence-corrected chi connectivity index (χ3v) is 4.80. The van der Waals surface area contributed by atoms with Gasteiger partial charge in [-0.1, -0.05) is 0 Å². The SMILES string of the molecule is CN1CCC(c2cc(-c3ccncc3)c(-c3ccoc3)[nH]2)CC1. The molecule has 0 atom stereocenters. The fraction of sp³-hybridized carbons (Fsp3) is 0.316. The summed E-state index contributed by atoms with van der Waals surface area (Å²) in [6.45, 7) is 2.32. The van der Waals surface area contributed by atoms with Gasteiger partial charge in [-0.3, -0.25) is 4.98 Å². The molecule has 0 amide bonds. The van der Waals surface area contributed by atoms with Gasteiger partial charge in [0.15, 0.2) is 0 Å². The van der Waals surface area contributed by atoms with Crippen LogP contribution in [0, 0.1) is 0 Å². The molecular weight excluding hydrogens is 286 g/mol. The maximum absolute atomic E-state index is 5.29. The molecule has 4 rings (SSSR count). The molecule has 1 fully saturated rings. The van der Waals surface area contributed by atoms with E-state index in [1.165, 1.54) is 29.7 Å². The minimum atomic E-state index is 0.604. The van der Waals surface area contributed by atoms with Crippen LogP contribution in [0.3, 0.4) is 0 Å². The van der Waals surface area contributed by atoms with Gasteiger partial charge in [0.25, 0.3) is 0 Å². The largest absolute Gasteiger partial charge is 0.472 e. The maximum Gasteiger partial charge on any atom is 0.0996 e. The van der Waals surface area contributed by atoms with E-state index in [-0.39, 0.29) is 0 Å². The molecule has 1 aliphatic rings. The second-order valence-corrected chi connectivity index (χ2v) is 6.34. The van der Waals surface area contributed by atoms with Crippen molar-refractivity contribution in [2.24, 2.45) is 0 Å². The highest BCUT2D eigenvalue weighted by Crippen LogP contribution is 2.37. The minimum absolute atomic E-state index is 0.604. The van der Waals surface area contributed by atoms with Gasteiger partial charge in [-0.05, 0) is 62.8 Å². The topological polar surface area (TPSA) is 45.1 Å². The maximum atomic E-state index is 5.29. The molecule has 3 aromatic heterocycles. The standard InChI is InChI=1S/C19H21N3O/c1-22-9-4-15(5-10-22)18-12-17(14-2-7-20-8-3-14)19(21-18)16-6-11-23-13-16/h2-3,6-8,11-13,15,21H,4-5,9-10H2,1H3. The van der Waals surface area contributed by atoms with Crippen LogP contribution in [-0.2, 0) is 0 Å². The number of piperidine rings is 1. The molecule has 1 saturated heterocycles. The zero-order chi connectivity index (χ0) is 15.6. The summed E-state index contributed by atoms with van der Waals surface area (Å²) in [5, 5.41) is 0. The van der Waals surface area contributed by atoms with Crippen molar-refractivity contribution >= 4 is 0 Å². The number of pyridine rings is 1. The molecular formula is C19H21N3O. The van der Waals surface area contributed by atoms with E-state index in [2.05, 4.69) is 40.1 Å². The molecule has 1 N–H and O–H groups in total. The molecule has 0 radical (unpaired) electrons. The van der Waals surface area contributed by atoms with E-state index in [1.54, 1.807) is 12.5 Å². The molecule has 4 heterocycles. The summed E-state index contributed by atoms with van der Waals surface area (Å²) < 4.78 is 5.29. The van der Waals surface area contributed by atoms with Crippen molar-refractivity contribution in [3.63, 3.8) is 0 Å². The molecule has 0 bridgehead atoms. The number of aromatic nitrogens is 2. The van der Waals surface area contributed by atoms with Crippen LogP contribution in [0.25, 0.3) is 22.4 Å². The quantitative estimate of drug-likeness (QED) is 0.790. The molecule has 0 aromatic carbocycles. The van der Waals surface area contributed by atoms with E-state index in [9.17, 15) is 0 Å². The Bertz CT molecular complexity index is 753. The summed E-state index contributed by atoms with van der Waals surface area (Å²) in [5.74, 6) is 0.604. The number of hydrogen-bond acceptors (Lipinski definition) is 3. The highest BCUT2D eigenvalue weighted by Gasteiger charge is 2.22. The highest BCUT2D eigenvalue weighted by molar-refractivity contribution is 5.81. The Morgan fingerprint density at radius 1 is 1.13 bits per heavy atom. The van der Waals surface area contributed by atoms with Gasteiger partial charge in [0, 0.05) is 35.1 Å². The van der Waals surface area contributed by atoms with Gasteiger partial charge in [0.05, 0.1) is 18.2 Å². The molecule has 0 saturated carbocycles. The normalized spacial score (nSPS) is 16.7. The third kappa shape index (κ3) is 2.82. The number of rotatable bonds is 3. The molecule has 118 valence electrons. The summed E-state index contributed by atoms with van der Waals surface area (Å²) >= 11 is 0. The van der Waals surface area contributed by atoms with Crippen molar-refractivity contribution in [3.05, 3.63) is 54.9 Å². The van der Waals surface area contributed by atoms with Crippen LogP contribution >= 0.6 is 0 Å². The van der Waals surface area contributed by atoms with Crippen molar-refractivity contribution in [3.8, 4) is 22.4 Å². The van der Waals surface area contributed by atoms with Gasteiger partial charge < -0.3 is 14.3 Å². The van der Waals surface area contributed by atoms with Gasteiger partial charge in [0.2, 0.25) is 0 Å². The number of nitrogens with zero attached hydrogens (tertiary/aromatic N) is 2. The fourth-order valence-corrected chi connectivity index (χ4v) is 3.41. The lowest BCUT2D eigenvalue weighted by molar-refractivity contribution is 0.253. The summed E-state index contributed by atoms with van der Waals surface area (Å²) in [6, 6.07) is 8.44. The predicted molar refractivity (Wildman–Crippen MR) is 91.2 cm³/mol. The average molecular weight is 307 g/mol. The first-order valence-corrected chi connectivity index (χ1v) is 8.15. The van der Waals surface area contributed by atoms with Gasteiger partial charge in [-0.15, -0.1) is 0 Å². The molecule has 3 aromatic rings. The third-order valence-electron chi connectivity index (χ3n) is 4.80. The Morgan fingerprint density at radius 2 is 1.91 bits per heavy atom.